The van der Waals surface area contributed by atoms with Gasteiger partial charge in [-0.1, -0.05) is 88.2 Å². The van der Waals surface area contributed by atoms with Gasteiger partial charge in [0.15, 0.2) is 0 Å². The Hall–Kier alpha value is -2.83. The van der Waals surface area contributed by atoms with Crippen molar-refractivity contribution in [3.63, 3.8) is 0 Å². The molecule has 0 bridgehead atoms. The molecule has 4 aromatic rings. The van der Waals surface area contributed by atoms with Gasteiger partial charge in [-0.25, -0.2) is 0 Å². The monoisotopic (exact) mass is 566 g/mol. The van der Waals surface area contributed by atoms with Crippen LogP contribution in [0.25, 0.3) is 0 Å². The van der Waals surface area contributed by atoms with Crippen LogP contribution in [-0.2, 0) is 35.5 Å². The summed E-state index contributed by atoms with van der Waals surface area (Å²) in [6.07, 6.45) is 1.11. The molecular formula is C30H28BrClO4. The van der Waals surface area contributed by atoms with E-state index in [1.54, 1.807) is 18.2 Å². The molecule has 0 aromatic heterocycles. The predicted octanol–water partition coefficient (Wildman–Crippen LogP) is 8.12. The second kappa shape index (κ2) is 13.5. The minimum Gasteiger partial charge on any atom is -0.508 e. The second-order valence-electron chi connectivity index (χ2n) is 8.29. The van der Waals surface area contributed by atoms with Gasteiger partial charge in [0.05, 0.1) is 31.5 Å². The number of halogens is 2. The second-order valence-corrected chi connectivity index (χ2v) is 9.62. The minimum atomic E-state index is 0.214. The zero-order valence-electron chi connectivity index (χ0n) is 19.8. The fraction of sp³-hybridized carbons (Fsp3) is 0.200. The van der Waals surface area contributed by atoms with Gasteiger partial charge in [-0.3, -0.25) is 0 Å². The number of benzene rings is 4. The zero-order valence-corrected chi connectivity index (χ0v) is 22.2. The summed E-state index contributed by atoms with van der Waals surface area (Å²) in [5.41, 5.74) is 3.89. The first-order valence-electron chi connectivity index (χ1n) is 11.8. The Kier molecular flexibility index (Phi) is 9.82. The molecule has 0 saturated carbocycles. The lowest BCUT2D eigenvalue weighted by Gasteiger charge is -2.18. The van der Waals surface area contributed by atoms with Gasteiger partial charge < -0.3 is 19.3 Å². The van der Waals surface area contributed by atoms with E-state index in [-0.39, 0.29) is 5.75 Å². The standard InChI is InChI=1S/C30H28BrClO4/c31-24-11-13-30(27(32)19-24)36-29-14-12-28(33)25(15-17-34-20-22-7-3-1-4-8-22)26(29)16-18-35-21-23-9-5-2-6-10-23/h1-14,19,33H,15-18,20-21H2. The smallest absolute Gasteiger partial charge is 0.146 e. The lowest BCUT2D eigenvalue weighted by Crippen LogP contribution is -2.07. The van der Waals surface area contributed by atoms with E-state index in [1.165, 1.54) is 0 Å². The van der Waals surface area contributed by atoms with E-state index in [1.807, 2.05) is 72.8 Å². The third kappa shape index (κ3) is 7.58. The van der Waals surface area contributed by atoms with E-state index < -0.39 is 0 Å². The summed E-state index contributed by atoms with van der Waals surface area (Å²) in [6, 6.07) is 29.0. The molecule has 0 saturated heterocycles. The zero-order chi connectivity index (χ0) is 25.2. The fourth-order valence-corrected chi connectivity index (χ4v) is 4.57. The summed E-state index contributed by atoms with van der Waals surface area (Å²) in [7, 11) is 0. The third-order valence-corrected chi connectivity index (χ3v) is 6.48. The molecular weight excluding hydrogens is 540 g/mol. The van der Waals surface area contributed by atoms with Crippen LogP contribution in [0.1, 0.15) is 22.3 Å². The molecule has 0 atom stereocenters. The first-order chi connectivity index (χ1) is 17.6. The van der Waals surface area contributed by atoms with Crippen LogP contribution >= 0.6 is 27.5 Å². The Morgan fingerprint density at radius 2 is 1.22 bits per heavy atom. The van der Waals surface area contributed by atoms with Gasteiger partial charge in [0.2, 0.25) is 0 Å². The molecule has 6 heteroatoms. The van der Waals surface area contributed by atoms with Crippen LogP contribution in [0.3, 0.4) is 0 Å². The molecule has 0 radical (unpaired) electrons. The highest BCUT2D eigenvalue weighted by atomic mass is 79.9. The largest absolute Gasteiger partial charge is 0.508 e. The molecule has 186 valence electrons. The van der Waals surface area contributed by atoms with E-state index in [0.717, 1.165) is 26.7 Å². The van der Waals surface area contributed by atoms with Gasteiger partial charge in [0.25, 0.3) is 0 Å². The molecule has 4 nitrogen and oxygen atoms in total. The maximum atomic E-state index is 10.7. The summed E-state index contributed by atoms with van der Waals surface area (Å²) < 4.78 is 18.9. The summed E-state index contributed by atoms with van der Waals surface area (Å²) in [5, 5.41) is 11.2. The van der Waals surface area contributed by atoms with Gasteiger partial charge in [-0.2, -0.15) is 0 Å². The predicted molar refractivity (Wildman–Crippen MR) is 147 cm³/mol. The molecule has 0 fully saturated rings. The number of phenols is 1. The number of ether oxygens (including phenoxy) is 3. The van der Waals surface area contributed by atoms with Crippen LogP contribution in [0.5, 0.6) is 17.2 Å². The van der Waals surface area contributed by atoms with Gasteiger partial charge in [0.1, 0.15) is 17.2 Å². The maximum absolute atomic E-state index is 10.7. The normalized spacial score (nSPS) is 10.9. The number of hydrogen-bond acceptors (Lipinski definition) is 4. The van der Waals surface area contributed by atoms with Crippen LogP contribution in [0.2, 0.25) is 5.02 Å². The molecule has 0 spiro atoms. The SMILES string of the molecule is Oc1ccc(Oc2ccc(Br)cc2Cl)c(CCOCc2ccccc2)c1CCOCc1ccccc1. The van der Waals surface area contributed by atoms with Crippen molar-refractivity contribution in [2.75, 3.05) is 13.2 Å². The summed E-state index contributed by atoms with van der Waals surface area (Å²) >= 11 is 9.84. The molecule has 0 unspecified atom stereocenters. The van der Waals surface area contributed by atoms with Gasteiger partial charge in [-0.05, 0) is 54.3 Å². The highest BCUT2D eigenvalue weighted by Gasteiger charge is 2.16. The number of aromatic hydroxyl groups is 1. The summed E-state index contributed by atoms with van der Waals surface area (Å²) in [4.78, 5) is 0. The van der Waals surface area contributed by atoms with E-state index in [0.29, 0.717) is 55.8 Å². The summed E-state index contributed by atoms with van der Waals surface area (Å²) in [5.74, 6) is 1.40. The minimum absolute atomic E-state index is 0.214. The van der Waals surface area contributed by atoms with Crippen molar-refractivity contribution in [2.45, 2.75) is 26.1 Å². The van der Waals surface area contributed by atoms with Crippen molar-refractivity contribution in [1.82, 2.24) is 0 Å². The van der Waals surface area contributed by atoms with Gasteiger partial charge in [0, 0.05) is 15.6 Å². The van der Waals surface area contributed by atoms with Gasteiger partial charge >= 0.3 is 0 Å². The Balaban J connectivity index is 1.49. The highest BCUT2D eigenvalue weighted by Crippen LogP contribution is 2.37. The highest BCUT2D eigenvalue weighted by molar-refractivity contribution is 9.10. The van der Waals surface area contributed by atoms with Crippen LogP contribution in [0, 0.1) is 0 Å². The average molecular weight is 568 g/mol. The quantitative estimate of drug-likeness (QED) is 0.176. The first kappa shape index (κ1) is 26.2. The lowest BCUT2D eigenvalue weighted by atomic mass is 9.99. The molecule has 4 aromatic carbocycles. The van der Waals surface area contributed by atoms with Crippen molar-refractivity contribution < 1.29 is 19.3 Å². The molecule has 1 N–H and O–H groups in total. The Labute approximate surface area is 225 Å². The van der Waals surface area contributed by atoms with Crippen molar-refractivity contribution in [2.24, 2.45) is 0 Å². The van der Waals surface area contributed by atoms with Crippen LogP contribution in [0.15, 0.2) is 95.5 Å². The van der Waals surface area contributed by atoms with E-state index in [2.05, 4.69) is 15.9 Å². The number of rotatable bonds is 12. The van der Waals surface area contributed by atoms with Gasteiger partial charge in [-0.15, -0.1) is 0 Å². The molecule has 0 amide bonds. The van der Waals surface area contributed by atoms with Crippen LogP contribution in [-0.4, -0.2) is 18.3 Å². The van der Waals surface area contributed by atoms with Crippen LogP contribution < -0.4 is 4.74 Å². The number of hydrogen-bond donors (Lipinski definition) is 1. The Bertz CT molecular complexity index is 1250. The average Bonchev–Trinajstić information content (AvgIpc) is 2.89. The van der Waals surface area contributed by atoms with Crippen molar-refractivity contribution in [3.8, 4) is 17.2 Å². The van der Waals surface area contributed by atoms with E-state index in [4.69, 9.17) is 25.8 Å². The molecule has 0 heterocycles. The molecule has 36 heavy (non-hydrogen) atoms. The van der Waals surface area contributed by atoms with Crippen molar-refractivity contribution >= 4 is 27.5 Å². The molecule has 0 aliphatic rings. The lowest BCUT2D eigenvalue weighted by molar-refractivity contribution is 0.120. The van der Waals surface area contributed by atoms with Crippen molar-refractivity contribution in [1.29, 1.82) is 0 Å². The molecule has 0 aliphatic carbocycles. The van der Waals surface area contributed by atoms with Crippen LogP contribution in [0.4, 0.5) is 0 Å². The Morgan fingerprint density at radius 1 is 0.667 bits per heavy atom. The molecule has 0 aliphatic heterocycles. The van der Waals surface area contributed by atoms with E-state index >= 15 is 0 Å². The van der Waals surface area contributed by atoms with Crippen molar-refractivity contribution in [3.05, 3.63) is 123 Å². The van der Waals surface area contributed by atoms with E-state index in [9.17, 15) is 5.11 Å². The molecule has 4 rings (SSSR count). The summed E-state index contributed by atoms with van der Waals surface area (Å²) in [6.45, 7) is 1.97. The maximum Gasteiger partial charge on any atom is 0.146 e. The Morgan fingerprint density at radius 3 is 1.81 bits per heavy atom. The first-order valence-corrected chi connectivity index (χ1v) is 13.0. The number of phenolic OH excluding ortho intramolecular Hbond substituents is 1. The fourth-order valence-electron chi connectivity index (χ4n) is 3.86. The third-order valence-electron chi connectivity index (χ3n) is 5.69. The topological polar surface area (TPSA) is 47.9 Å².